The van der Waals surface area contributed by atoms with E-state index in [0.717, 1.165) is 21.8 Å². The van der Waals surface area contributed by atoms with Crippen molar-refractivity contribution in [2.24, 2.45) is 0 Å². The molecule has 1 heterocycles. The molecule has 1 unspecified atom stereocenters. The summed E-state index contributed by atoms with van der Waals surface area (Å²) in [6.07, 6.45) is 0. The number of aryl methyl sites for hydroxylation is 2. The maximum absolute atomic E-state index is 6.05. The van der Waals surface area contributed by atoms with Gasteiger partial charge >= 0.3 is 0 Å². The lowest BCUT2D eigenvalue weighted by molar-refractivity contribution is 0.490. The summed E-state index contributed by atoms with van der Waals surface area (Å²) in [6.45, 7) is 4.23. The van der Waals surface area contributed by atoms with Crippen LogP contribution in [0.5, 0.6) is 0 Å². The number of furan rings is 1. The minimum atomic E-state index is 0.0380. The van der Waals surface area contributed by atoms with Crippen LogP contribution in [0.25, 0.3) is 11.0 Å². The van der Waals surface area contributed by atoms with Gasteiger partial charge < -0.3 is 9.73 Å². The second-order valence-corrected chi connectivity index (χ2v) is 5.85. The molecule has 1 atom stereocenters. The van der Waals surface area contributed by atoms with Gasteiger partial charge in [-0.3, -0.25) is 0 Å². The summed E-state index contributed by atoms with van der Waals surface area (Å²) in [5, 5.41) is 5.11. The first-order valence-corrected chi connectivity index (χ1v) is 7.39. The molecule has 0 fully saturated rings. The van der Waals surface area contributed by atoms with Gasteiger partial charge in [0.2, 0.25) is 0 Å². The third-order valence-electron chi connectivity index (χ3n) is 3.82. The number of hydrogen-bond acceptors (Lipinski definition) is 2. The van der Waals surface area contributed by atoms with Gasteiger partial charge in [-0.05, 0) is 56.3 Å². The number of benzene rings is 2. The summed E-state index contributed by atoms with van der Waals surface area (Å²) in [7, 11) is 1.95. The third kappa shape index (κ3) is 2.69. The Morgan fingerprint density at radius 3 is 2.62 bits per heavy atom. The smallest absolute Gasteiger partial charge is 0.134 e. The Balaban J connectivity index is 2.11. The molecule has 0 saturated heterocycles. The highest BCUT2D eigenvalue weighted by Gasteiger charge is 2.18. The summed E-state index contributed by atoms with van der Waals surface area (Å²) in [5.41, 5.74) is 4.59. The molecule has 0 aliphatic rings. The summed E-state index contributed by atoms with van der Waals surface area (Å²) < 4.78 is 6.00. The molecule has 3 rings (SSSR count). The standard InChI is InChI=1S/C18H18ClNO/c1-11-4-5-12(2)15(8-11)18(20-3)17-10-13-9-14(19)6-7-16(13)21-17/h4-10,18,20H,1-3H3. The normalized spacial score (nSPS) is 12.8. The molecule has 108 valence electrons. The van der Waals surface area contributed by atoms with Crippen LogP contribution < -0.4 is 5.32 Å². The Labute approximate surface area is 129 Å². The molecule has 21 heavy (non-hydrogen) atoms. The van der Waals surface area contributed by atoms with Gasteiger partial charge in [-0.1, -0.05) is 35.4 Å². The van der Waals surface area contributed by atoms with Gasteiger partial charge in [-0.2, -0.15) is 0 Å². The van der Waals surface area contributed by atoms with Gasteiger partial charge in [0.1, 0.15) is 11.3 Å². The van der Waals surface area contributed by atoms with Crippen molar-refractivity contribution in [3.8, 4) is 0 Å². The molecule has 0 spiro atoms. The van der Waals surface area contributed by atoms with Crippen LogP contribution in [0.15, 0.2) is 46.9 Å². The second kappa shape index (κ2) is 5.55. The zero-order chi connectivity index (χ0) is 15.0. The number of hydrogen-bond donors (Lipinski definition) is 1. The van der Waals surface area contributed by atoms with Crippen LogP contribution in [-0.4, -0.2) is 7.05 Å². The fraction of sp³-hybridized carbons (Fsp3) is 0.222. The molecular formula is C18H18ClNO. The van der Waals surface area contributed by atoms with E-state index in [2.05, 4.69) is 43.4 Å². The Hall–Kier alpha value is -1.77. The van der Waals surface area contributed by atoms with Crippen molar-refractivity contribution in [3.63, 3.8) is 0 Å². The average molecular weight is 300 g/mol. The summed E-state index contributed by atoms with van der Waals surface area (Å²) >= 11 is 6.05. The maximum Gasteiger partial charge on any atom is 0.134 e. The van der Waals surface area contributed by atoms with Gasteiger partial charge in [0.15, 0.2) is 0 Å². The second-order valence-electron chi connectivity index (χ2n) is 5.41. The monoisotopic (exact) mass is 299 g/mol. The molecule has 0 aliphatic carbocycles. The van der Waals surface area contributed by atoms with Crippen molar-refractivity contribution in [2.75, 3.05) is 7.05 Å². The summed E-state index contributed by atoms with van der Waals surface area (Å²) in [5.74, 6) is 0.906. The van der Waals surface area contributed by atoms with E-state index in [1.807, 2.05) is 25.2 Å². The zero-order valence-corrected chi connectivity index (χ0v) is 13.2. The Morgan fingerprint density at radius 2 is 1.86 bits per heavy atom. The van der Waals surface area contributed by atoms with E-state index in [1.165, 1.54) is 16.7 Å². The van der Waals surface area contributed by atoms with Crippen LogP contribution in [0, 0.1) is 13.8 Å². The van der Waals surface area contributed by atoms with E-state index in [9.17, 15) is 0 Å². The van der Waals surface area contributed by atoms with E-state index in [4.69, 9.17) is 16.0 Å². The molecule has 3 aromatic rings. The lowest BCUT2D eigenvalue weighted by atomic mass is 9.97. The summed E-state index contributed by atoms with van der Waals surface area (Å²) in [4.78, 5) is 0. The molecule has 3 heteroatoms. The molecule has 0 bridgehead atoms. The van der Waals surface area contributed by atoms with Gasteiger partial charge in [0.25, 0.3) is 0 Å². The molecule has 1 aromatic heterocycles. The van der Waals surface area contributed by atoms with Crippen LogP contribution in [0.3, 0.4) is 0 Å². The number of halogens is 1. The highest BCUT2D eigenvalue weighted by molar-refractivity contribution is 6.31. The van der Waals surface area contributed by atoms with Crippen molar-refractivity contribution in [1.82, 2.24) is 5.32 Å². The predicted octanol–water partition coefficient (Wildman–Crippen LogP) is 5.01. The molecule has 0 saturated carbocycles. The third-order valence-corrected chi connectivity index (χ3v) is 4.05. The van der Waals surface area contributed by atoms with Gasteiger partial charge in [0, 0.05) is 10.4 Å². The zero-order valence-electron chi connectivity index (χ0n) is 12.4. The molecule has 1 N–H and O–H groups in total. The Kier molecular flexibility index (Phi) is 3.75. The SMILES string of the molecule is CNC(c1cc2cc(Cl)ccc2o1)c1cc(C)ccc1C. The quantitative estimate of drug-likeness (QED) is 0.735. The average Bonchev–Trinajstić information content (AvgIpc) is 2.86. The highest BCUT2D eigenvalue weighted by atomic mass is 35.5. The van der Waals surface area contributed by atoms with Crippen LogP contribution in [0.2, 0.25) is 5.02 Å². The van der Waals surface area contributed by atoms with E-state index in [1.54, 1.807) is 0 Å². The van der Waals surface area contributed by atoms with Crippen LogP contribution in [-0.2, 0) is 0 Å². The number of fused-ring (bicyclic) bond motifs is 1. The van der Waals surface area contributed by atoms with Gasteiger partial charge in [-0.15, -0.1) is 0 Å². The van der Waals surface area contributed by atoms with Crippen molar-refractivity contribution in [3.05, 3.63) is 69.9 Å². The fourth-order valence-electron chi connectivity index (χ4n) is 2.70. The van der Waals surface area contributed by atoms with Crippen LogP contribution in [0.4, 0.5) is 0 Å². The first kappa shape index (κ1) is 14.2. The minimum absolute atomic E-state index is 0.0380. The molecule has 0 aliphatic heterocycles. The Bertz CT molecular complexity index is 791. The van der Waals surface area contributed by atoms with Crippen molar-refractivity contribution in [1.29, 1.82) is 0 Å². The topological polar surface area (TPSA) is 25.2 Å². The first-order valence-electron chi connectivity index (χ1n) is 7.02. The lowest BCUT2D eigenvalue weighted by Crippen LogP contribution is -2.18. The molecule has 0 amide bonds. The summed E-state index contributed by atoms with van der Waals surface area (Å²) in [6, 6.07) is 14.3. The first-order chi connectivity index (χ1) is 10.1. The number of rotatable bonds is 3. The molecule has 2 aromatic carbocycles. The fourth-order valence-corrected chi connectivity index (χ4v) is 2.88. The van der Waals surface area contributed by atoms with Gasteiger partial charge in [-0.25, -0.2) is 0 Å². The van der Waals surface area contributed by atoms with Crippen LogP contribution in [0.1, 0.15) is 28.5 Å². The van der Waals surface area contributed by atoms with Crippen molar-refractivity contribution >= 4 is 22.6 Å². The predicted molar refractivity (Wildman–Crippen MR) is 88.0 cm³/mol. The number of nitrogens with one attached hydrogen (secondary N) is 1. The maximum atomic E-state index is 6.05. The van der Waals surface area contributed by atoms with Crippen molar-refractivity contribution in [2.45, 2.75) is 19.9 Å². The largest absolute Gasteiger partial charge is 0.459 e. The van der Waals surface area contributed by atoms with Gasteiger partial charge in [0.05, 0.1) is 6.04 Å². The van der Waals surface area contributed by atoms with E-state index in [0.29, 0.717) is 0 Å². The van der Waals surface area contributed by atoms with Crippen LogP contribution >= 0.6 is 11.6 Å². The molecule has 2 nitrogen and oxygen atoms in total. The van der Waals surface area contributed by atoms with E-state index >= 15 is 0 Å². The molecular weight excluding hydrogens is 282 g/mol. The van der Waals surface area contributed by atoms with Crippen molar-refractivity contribution < 1.29 is 4.42 Å². The van der Waals surface area contributed by atoms with E-state index in [-0.39, 0.29) is 6.04 Å². The lowest BCUT2D eigenvalue weighted by Gasteiger charge is -2.17. The minimum Gasteiger partial charge on any atom is -0.459 e. The molecule has 0 radical (unpaired) electrons. The van der Waals surface area contributed by atoms with E-state index < -0.39 is 0 Å². The Morgan fingerprint density at radius 1 is 1.05 bits per heavy atom. The highest BCUT2D eigenvalue weighted by Crippen LogP contribution is 2.31.